The van der Waals surface area contributed by atoms with E-state index in [9.17, 15) is 27.9 Å². The molecule has 6 rings (SSSR count). The van der Waals surface area contributed by atoms with Gasteiger partial charge in [-0.15, -0.1) is 0 Å². The summed E-state index contributed by atoms with van der Waals surface area (Å²) in [7, 11) is -4.11. The number of hydrogen-bond donors (Lipinski definition) is 3. The van der Waals surface area contributed by atoms with E-state index in [4.69, 9.17) is 79.1 Å². The molecule has 0 bridgehead atoms. The van der Waals surface area contributed by atoms with Gasteiger partial charge in [0.2, 0.25) is 40.8 Å². The van der Waals surface area contributed by atoms with Crippen molar-refractivity contribution >= 4 is 114 Å². The fourth-order valence-corrected chi connectivity index (χ4v) is 12.5. The van der Waals surface area contributed by atoms with E-state index in [-0.39, 0.29) is 25.1 Å². The number of alkyl halides is 9. The molecule has 0 spiro atoms. The van der Waals surface area contributed by atoms with Crippen molar-refractivity contribution in [3.63, 3.8) is 0 Å². The Morgan fingerprint density at radius 2 is 1.72 bits per heavy atom. The smallest absolute Gasteiger partial charge is 0.420 e. The molecular weight excluding hydrogens is 996 g/mol. The van der Waals surface area contributed by atoms with Crippen LogP contribution in [0, 0.1) is 17.8 Å². The molecule has 7 atom stereocenters. The molecule has 2 saturated carbocycles. The standard InChI is InChI=1S/C40H46Cl6F3N5O9S/c1-4-15-62-25-9-12-28-23(17-25)13-14-50-32(28)63-26-18-29-31(55)51-36(34(57)52-64(60,61)27-10-11-27)19-24(36)8-6-5-7-21(2)16-22(3)30(33(56)53(29)20-26)54(35(58)59)37(38(41,42)43,39(44,45)46)40(47,48)49/h6,8-9,12-14,17,21-22,24,26-27,29-30H,4-5,7,10-11,15-16,18-20H2,1-3H3,(H,51,55)(H,52,57)(H,58,59)/t21-,22+,24+,26+,29-,30-,36+/m0/s1. The summed E-state index contributed by atoms with van der Waals surface area (Å²) < 4.78 is 79.7. The number of sulfonamides is 1. The molecule has 354 valence electrons. The molecule has 0 radical (unpaired) electrons. The third kappa shape index (κ3) is 9.89. The number of ether oxygens (including phenoxy) is 2. The number of nitrogens with one attached hydrogen (secondary N) is 2. The van der Waals surface area contributed by atoms with Gasteiger partial charge in [0.25, 0.3) is 5.91 Å². The molecule has 4 amide bonds. The number of carboxylic acid groups (broad SMARTS) is 1. The number of amides is 4. The van der Waals surface area contributed by atoms with Crippen LogP contribution in [0.5, 0.6) is 11.6 Å². The third-order valence-corrected chi connectivity index (χ3v) is 15.6. The van der Waals surface area contributed by atoms with Gasteiger partial charge in [-0.3, -0.25) is 24.0 Å². The van der Waals surface area contributed by atoms with Gasteiger partial charge in [-0.25, -0.2) is 18.2 Å². The van der Waals surface area contributed by atoms with Crippen molar-refractivity contribution in [3.8, 4) is 11.6 Å². The lowest BCUT2D eigenvalue weighted by atomic mass is 9.84. The zero-order chi connectivity index (χ0) is 47.4. The van der Waals surface area contributed by atoms with Crippen molar-refractivity contribution in [1.29, 1.82) is 0 Å². The number of nitrogens with zero attached hydrogens (tertiary/aromatic N) is 3. The van der Waals surface area contributed by atoms with Gasteiger partial charge in [0.1, 0.15) is 29.5 Å². The molecule has 64 heavy (non-hydrogen) atoms. The number of aromatic nitrogens is 1. The summed E-state index contributed by atoms with van der Waals surface area (Å²) in [5.41, 5.74) is -6.38. The van der Waals surface area contributed by atoms with Crippen molar-refractivity contribution in [2.24, 2.45) is 17.8 Å². The second kappa shape index (κ2) is 18.7. The van der Waals surface area contributed by atoms with Crippen LogP contribution in [0.3, 0.4) is 0 Å². The Morgan fingerprint density at radius 1 is 1.05 bits per heavy atom. The van der Waals surface area contributed by atoms with Crippen LogP contribution in [-0.2, 0) is 24.4 Å². The first-order chi connectivity index (χ1) is 29.7. The van der Waals surface area contributed by atoms with Crippen molar-refractivity contribution in [2.75, 3.05) is 13.2 Å². The molecular formula is C40H46Cl6F3N5O9S. The number of hydrogen-bond acceptors (Lipinski definition) is 9. The van der Waals surface area contributed by atoms with Gasteiger partial charge in [-0.2, -0.15) is 13.2 Å². The molecule has 1 saturated heterocycles. The number of benzene rings is 1. The number of pyridine rings is 1. The van der Waals surface area contributed by atoms with E-state index in [1.165, 1.54) is 13.1 Å². The Labute approximate surface area is 397 Å². The largest absolute Gasteiger partial charge is 0.494 e. The highest BCUT2D eigenvalue weighted by molar-refractivity contribution is 7.91. The van der Waals surface area contributed by atoms with Gasteiger partial charge in [0, 0.05) is 23.9 Å². The first-order valence-electron chi connectivity index (χ1n) is 20.5. The number of carbonyl (C=O) groups is 4. The summed E-state index contributed by atoms with van der Waals surface area (Å²) >= 11 is 36.3. The Kier molecular flexibility index (Phi) is 14.7. The lowest BCUT2D eigenvalue weighted by molar-refractivity contribution is -0.231. The van der Waals surface area contributed by atoms with Crippen molar-refractivity contribution in [3.05, 3.63) is 42.6 Å². The average molecular weight is 1040 g/mol. The number of allylic oxidation sites excluding steroid dienone is 1. The quantitative estimate of drug-likeness (QED) is 0.155. The summed E-state index contributed by atoms with van der Waals surface area (Å²) in [6, 6.07) is 2.66. The van der Waals surface area contributed by atoms with Crippen LogP contribution in [0.25, 0.3) is 10.8 Å². The molecule has 0 unspecified atom stereocenters. The number of fused-ring (bicyclic) bond motifs is 3. The number of rotatable bonds is 10. The van der Waals surface area contributed by atoms with Crippen molar-refractivity contribution in [1.82, 2.24) is 24.8 Å². The molecule has 1 aromatic heterocycles. The highest BCUT2D eigenvalue weighted by atomic mass is 35.6. The maximum absolute atomic E-state index is 15.7. The van der Waals surface area contributed by atoms with Gasteiger partial charge in [-0.1, -0.05) is 103 Å². The van der Waals surface area contributed by atoms with E-state index in [0.29, 0.717) is 48.8 Å². The Hall–Kier alpha value is -2.87. The van der Waals surface area contributed by atoms with E-state index in [2.05, 4.69) is 15.0 Å². The van der Waals surface area contributed by atoms with E-state index in [1.807, 2.05) is 6.92 Å². The zero-order valence-corrected chi connectivity index (χ0v) is 39.9. The minimum Gasteiger partial charge on any atom is -0.494 e. The molecule has 4 aliphatic rings. The maximum Gasteiger partial charge on any atom is 0.420 e. The first kappa shape index (κ1) is 50.5. The van der Waals surface area contributed by atoms with Gasteiger partial charge in [0.15, 0.2) is 0 Å². The van der Waals surface area contributed by atoms with Crippen LogP contribution in [-0.4, -0.2) is 114 Å². The van der Waals surface area contributed by atoms with Gasteiger partial charge in [0.05, 0.1) is 18.4 Å². The second-order valence-electron chi connectivity index (χ2n) is 16.9. The Bertz CT molecular complexity index is 2240. The van der Waals surface area contributed by atoms with Crippen LogP contribution >= 0.6 is 69.6 Å². The van der Waals surface area contributed by atoms with Crippen molar-refractivity contribution < 1.29 is 55.3 Å². The van der Waals surface area contributed by atoms with Crippen LogP contribution in [0.4, 0.5) is 18.0 Å². The SMILES string of the molecule is CCCOc1ccc2c(O[C@@H]3C[C@H]4C(=O)N[C@]5(C(=O)NS(=O)(=O)C6CC6)C[C@H]5C=CCC[C@H](C)C[C@@H](C)[C@H](N(C(=O)O)C(C(F)(F)F)(C(Cl)(Cl)Cl)C(Cl)(Cl)Cl)C(=O)N4C3)nccc2c1. The normalized spacial score (nSPS) is 27.4. The van der Waals surface area contributed by atoms with Gasteiger partial charge < -0.3 is 24.8 Å². The van der Waals surface area contributed by atoms with Crippen molar-refractivity contribution in [2.45, 2.75) is 120 Å². The highest BCUT2D eigenvalue weighted by Crippen LogP contribution is 2.62. The fourth-order valence-electron chi connectivity index (χ4n) is 8.70. The topological polar surface area (TPSA) is 185 Å². The van der Waals surface area contributed by atoms with E-state index in [1.54, 1.807) is 43.3 Å². The first-order valence-corrected chi connectivity index (χ1v) is 24.3. The zero-order valence-electron chi connectivity index (χ0n) is 34.5. The molecule has 2 aliphatic carbocycles. The van der Waals surface area contributed by atoms with Crippen LogP contribution < -0.4 is 19.5 Å². The fraction of sp³-hybridized carbons (Fsp3) is 0.625. The average Bonchev–Trinajstić information content (AvgIpc) is 4.10. The monoisotopic (exact) mass is 1040 g/mol. The van der Waals surface area contributed by atoms with Gasteiger partial charge in [-0.05, 0) is 86.4 Å². The van der Waals surface area contributed by atoms with E-state index < -0.39 is 111 Å². The third-order valence-electron chi connectivity index (χ3n) is 12.1. The molecule has 3 N–H and O–H groups in total. The van der Waals surface area contributed by atoms with Crippen LogP contribution in [0.15, 0.2) is 42.6 Å². The number of carbonyl (C=O) groups excluding carboxylic acids is 3. The van der Waals surface area contributed by atoms with Crippen LogP contribution in [0.2, 0.25) is 0 Å². The molecule has 2 aromatic rings. The highest BCUT2D eigenvalue weighted by Gasteiger charge is 2.81. The molecule has 3 fully saturated rings. The summed E-state index contributed by atoms with van der Waals surface area (Å²) in [4.78, 5) is 62.1. The van der Waals surface area contributed by atoms with Crippen LogP contribution in [0.1, 0.15) is 72.1 Å². The Balaban J connectivity index is 1.49. The minimum atomic E-state index is -5.99. The summed E-state index contributed by atoms with van der Waals surface area (Å²) in [5, 5.41) is 13.8. The lowest BCUT2D eigenvalue weighted by Gasteiger charge is -2.54. The maximum atomic E-state index is 15.7. The second-order valence-corrected chi connectivity index (χ2v) is 23.4. The lowest BCUT2D eigenvalue weighted by Crippen LogP contribution is -2.78. The van der Waals surface area contributed by atoms with E-state index >= 15 is 18.0 Å². The van der Waals surface area contributed by atoms with E-state index in [0.717, 1.165) is 11.3 Å². The summed E-state index contributed by atoms with van der Waals surface area (Å²) in [6.45, 7) is 4.88. The molecule has 3 heterocycles. The summed E-state index contributed by atoms with van der Waals surface area (Å²) in [6.07, 6.45) is -3.19. The predicted molar refractivity (Wildman–Crippen MR) is 235 cm³/mol. The van der Waals surface area contributed by atoms with Gasteiger partial charge >= 0.3 is 12.3 Å². The summed E-state index contributed by atoms with van der Waals surface area (Å²) in [5.74, 6) is -5.27. The molecule has 24 heteroatoms. The predicted octanol–water partition coefficient (Wildman–Crippen LogP) is 8.26. The molecule has 2 aliphatic heterocycles. The minimum absolute atomic E-state index is 0.0334. The number of halogens is 9. The Morgan fingerprint density at radius 3 is 2.31 bits per heavy atom. The molecule has 1 aromatic carbocycles. The molecule has 14 nitrogen and oxygen atoms in total.